The van der Waals surface area contributed by atoms with Gasteiger partial charge in [-0.25, -0.2) is 0 Å². The van der Waals surface area contributed by atoms with E-state index in [4.69, 9.17) is 89.7 Å². The first-order chi connectivity index (χ1) is 63.3. The van der Waals surface area contributed by atoms with Crippen molar-refractivity contribution in [1.82, 2.24) is 53.9 Å². The summed E-state index contributed by atoms with van der Waals surface area (Å²) in [5.74, 6) is 4.68. The summed E-state index contributed by atoms with van der Waals surface area (Å²) in [5.41, 5.74) is -1.43. The molecule has 0 aliphatic carbocycles. The first kappa shape index (κ1) is 132. The van der Waals surface area contributed by atoms with Crippen LogP contribution in [0.5, 0.6) is 0 Å². The molecule has 1 radical (unpaired) electrons. The third-order valence-electron chi connectivity index (χ3n) is 27.4. The van der Waals surface area contributed by atoms with Crippen LogP contribution in [0.25, 0.3) is 0 Å². The van der Waals surface area contributed by atoms with E-state index in [1.54, 1.807) is 13.8 Å². The third-order valence-corrected chi connectivity index (χ3v) is 27.4. The fraction of sp³-hybridized carbons (Fsp3) is 0.929. The number of rotatable bonds is 30. The summed E-state index contributed by atoms with van der Waals surface area (Å²) in [6.45, 7) is 48.0. The van der Waals surface area contributed by atoms with Crippen LogP contribution >= 0.6 is 0 Å². The summed E-state index contributed by atoms with van der Waals surface area (Å²) in [7, 11) is 22.3. The van der Waals surface area contributed by atoms with E-state index >= 15 is 0 Å². The first-order valence-electron chi connectivity index (χ1n) is 49.5. The molecule has 805 valence electrons. The maximum absolute atomic E-state index is 11.5. The molecule has 11 heterocycles. The summed E-state index contributed by atoms with van der Waals surface area (Å²) >= 11 is 0. The Morgan fingerprint density at radius 3 is 0.662 bits per heavy atom. The Hall–Kier alpha value is -3.52. The molecule has 21 atom stereocenters. The second kappa shape index (κ2) is 71.1. The van der Waals surface area contributed by atoms with Crippen LogP contribution in [-0.2, 0) is 77.6 Å². The zero-order chi connectivity index (χ0) is 103. The molecule has 37 nitrogen and oxygen atoms in total. The van der Waals surface area contributed by atoms with E-state index < -0.39 is 23.4 Å². The molecule has 11 aliphatic rings. The number of hydrogen-bond acceptors (Lipinski definition) is 37. The molecule has 11 saturated heterocycles. The number of ether oxygens (including phenoxy) is 6. The smallest absolute Gasteiger partial charge is 0.308 e. The monoisotopic (exact) mass is 2130 g/mol. The Bertz CT molecular complexity index is 2860. The van der Waals surface area contributed by atoms with E-state index in [-0.39, 0.29) is 229 Å². The number of hydrogen-bond donors (Lipinski definition) is 14. The van der Waals surface area contributed by atoms with Crippen LogP contribution in [0.4, 0.5) is 0 Å². The Labute approximate surface area is 831 Å². The van der Waals surface area contributed by atoms with Crippen LogP contribution in [0.15, 0.2) is 0 Å². The van der Waals surface area contributed by atoms with Gasteiger partial charge in [-0.3, -0.25) is 28.8 Å². The van der Waals surface area contributed by atoms with Gasteiger partial charge < -0.3 is 160 Å². The van der Waals surface area contributed by atoms with Crippen molar-refractivity contribution in [3.63, 3.8) is 0 Å². The number of carbonyl (C=O) groups is 6. The van der Waals surface area contributed by atoms with Crippen molar-refractivity contribution in [3.05, 3.63) is 6.42 Å². The Morgan fingerprint density at radius 2 is 0.507 bits per heavy atom. The van der Waals surface area contributed by atoms with E-state index in [1.807, 2.05) is 124 Å². The van der Waals surface area contributed by atoms with Gasteiger partial charge in [0.2, 0.25) is 0 Å². The molecule has 11 aliphatic heterocycles. The number of aliphatic hydroxyl groups excluding tert-OH is 12. The average molecular weight is 2130 g/mol. The molecule has 0 aromatic carbocycles. The zero-order valence-corrected chi connectivity index (χ0v) is 90.7. The second-order valence-corrected chi connectivity index (χ2v) is 42.2. The molecule has 14 N–H and O–H groups in total. The molecule has 11 rings (SSSR count). The standard InChI is InChI=1S/C15H27NO4.C13H23NO4.C11H19NO4.C11H23NO2.C9H19NO2.4C7H15NO2.C6H12N.C5H11NO2.Re/c1-10(2)14(17)19-8-12-6-16(5)7-13(12)9-20-15(18)11(3)4;1-4-12(15)17-8-10-6-14(3)7-11(10)9-18-13(16)5-2;1-8(13)15-6-10-4-12(3)5-11(10)7-16-9(2)14;1-10(2,13)8-6-12(5)7-9(8)11(3,4)14;1-10-6-8(2-4-11)9(7-10)3-5-12;4*1-8-2-6(4-9)7(3-8)5-10;1-6-3-4-7(2)5-6;1-6-2-4(7)5(8)3-6;/h10-13H,6-9H2,1-5H3;10-11H,4-9H2,1-3H3;10-11H,4-7H2,1-3H3;8-9,13-14H,6-7H2,1-5H3;8-9,11-12H,2-7H2,1H3;4*6-7,9-10H,2-5H2,1H3;3,6H,4-5H2,1-2H3;4-5,7-8H,2-3H2,1H3;/q;;;;;;;;;-1;;/t12-,13+;2*10-,11+;;8-,9+;2*6-,7+;6-,7-;;;4-,5+;/m.......0..../s1. The van der Waals surface area contributed by atoms with Crippen LogP contribution in [0.2, 0.25) is 0 Å². The summed E-state index contributed by atoms with van der Waals surface area (Å²) in [6, 6.07) is 0. The number of carbonyl (C=O) groups excluding carboxylic acids is 6. The predicted octanol–water partition coefficient (Wildman–Crippen LogP) is -0.423. The van der Waals surface area contributed by atoms with Crippen molar-refractivity contribution in [1.29, 1.82) is 0 Å². The number of esters is 6. The normalized spacial score (nSPS) is 30.0. The molecule has 0 saturated carbocycles. The van der Waals surface area contributed by atoms with Gasteiger partial charge in [0.1, 0.15) is 0 Å². The maximum atomic E-state index is 11.5. The van der Waals surface area contributed by atoms with Gasteiger partial charge in [-0.15, -0.1) is 6.54 Å². The Morgan fingerprint density at radius 1 is 0.309 bits per heavy atom. The minimum atomic E-state index is -0.713. The number of nitrogens with zero attached hydrogens (tertiary/aromatic N) is 11. The van der Waals surface area contributed by atoms with Crippen molar-refractivity contribution < 1.29 is 149 Å². The van der Waals surface area contributed by atoms with Crippen molar-refractivity contribution in [3.8, 4) is 0 Å². The van der Waals surface area contributed by atoms with Crippen molar-refractivity contribution in [2.24, 2.45) is 124 Å². The SMILES string of the molecule is CC(=O)OC[C@@H]1CN(C)C[C@@H]1COC(C)=O.CC(C)C(=O)OC[C@@H]1CN(C)C[C@@H]1COC(=O)C(C)C.CC1[CH-]CN(C)C1.CCC(=O)OC[C@@H]1CN(C)C[C@@H]1COC(=O)CC.CN1CC(C(C)(C)O)C(C(C)(C)O)C1.CN1CC(CO)C(CO)C1.CN1C[C@@H](CCO)[C@@H](CCO)C1.CN1C[C@@H](CO)[C@@H](CO)C1.CN1C[C@@H](CO)[C@@H](CO)C1.CN1C[C@@H](CO)[C@H](CO)C1.CN1C[C@@H](O)[C@@H](O)C1.[Re]. The van der Waals surface area contributed by atoms with E-state index in [1.165, 1.54) is 26.9 Å². The molecule has 0 aromatic rings. The van der Waals surface area contributed by atoms with Gasteiger partial charge in [-0.2, -0.15) is 5.92 Å². The number of likely N-dealkylation sites (tertiary alicyclic amines) is 11. The van der Waals surface area contributed by atoms with E-state index in [0.29, 0.717) is 77.4 Å². The van der Waals surface area contributed by atoms with E-state index in [0.717, 1.165) is 137 Å². The van der Waals surface area contributed by atoms with Gasteiger partial charge in [0.25, 0.3) is 0 Å². The molecular formula is C98H194N11O26Re-. The third kappa shape index (κ3) is 53.9. The largest absolute Gasteiger partial charge is 0.466 e. The average Bonchev–Trinajstić information content (AvgIpc) is 1.64. The fourth-order valence-corrected chi connectivity index (χ4v) is 19.3. The molecule has 11 fully saturated rings. The molecule has 0 bridgehead atoms. The van der Waals surface area contributed by atoms with Crippen LogP contribution in [0.3, 0.4) is 0 Å². The molecule has 0 spiro atoms. The van der Waals surface area contributed by atoms with Crippen molar-refractivity contribution in [2.75, 3.05) is 327 Å². The second-order valence-electron chi connectivity index (χ2n) is 42.2. The minimum Gasteiger partial charge on any atom is -0.466 e. The van der Waals surface area contributed by atoms with Crippen molar-refractivity contribution in [2.45, 2.75) is 139 Å². The van der Waals surface area contributed by atoms with Crippen LogP contribution < -0.4 is 0 Å². The number of β-amino-alcohol motifs (C(OH)–C–C–N with tert-alkyl or cyclic N) is 2. The molecule has 136 heavy (non-hydrogen) atoms. The van der Waals surface area contributed by atoms with Crippen LogP contribution in [0.1, 0.15) is 116 Å². The fourth-order valence-electron chi connectivity index (χ4n) is 19.3. The van der Waals surface area contributed by atoms with E-state index in [9.17, 15) is 39.0 Å². The quantitative estimate of drug-likeness (QED) is 0.0247. The van der Waals surface area contributed by atoms with Crippen LogP contribution in [0, 0.1) is 131 Å². The van der Waals surface area contributed by atoms with E-state index in [2.05, 4.69) is 76.4 Å². The van der Waals surface area contributed by atoms with Gasteiger partial charge in [0.15, 0.2) is 0 Å². The Kier molecular flexibility index (Phi) is 69.2. The summed E-state index contributed by atoms with van der Waals surface area (Å²) in [5, 5.41) is 126. The van der Waals surface area contributed by atoms with Gasteiger partial charge in [0, 0.05) is 339 Å². The maximum Gasteiger partial charge on any atom is 0.308 e. The minimum absolute atomic E-state index is 0. The summed E-state index contributed by atoms with van der Waals surface area (Å²) in [6.07, 6.45) is 3.86. The summed E-state index contributed by atoms with van der Waals surface area (Å²) in [4.78, 5) is 90.6. The summed E-state index contributed by atoms with van der Waals surface area (Å²) < 4.78 is 31.0. The molecule has 38 heteroatoms. The van der Waals surface area contributed by atoms with Gasteiger partial charge in [0.05, 0.1) is 74.9 Å². The first-order valence-corrected chi connectivity index (χ1v) is 49.5. The number of likely N-dealkylation sites (N-methyl/N-ethyl adjacent to an activating group) is 1. The number of aliphatic hydroxyl groups is 14. The topological polar surface area (TPSA) is 477 Å². The Balaban J connectivity index is 0.00000149. The van der Waals surface area contributed by atoms with Crippen molar-refractivity contribution >= 4 is 35.8 Å². The molecular weight excluding hydrogens is 1930 g/mol. The molecule has 0 aromatic heterocycles. The predicted molar refractivity (Wildman–Crippen MR) is 521 cm³/mol. The van der Waals surface area contributed by atoms with Gasteiger partial charge in [-0.05, 0) is 136 Å². The van der Waals surface area contributed by atoms with Gasteiger partial charge >= 0.3 is 35.8 Å². The molecule has 0 amide bonds. The van der Waals surface area contributed by atoms with Crippen LogP contribution in [-0.4, -0.2) is 512 Å². The molecule has 5 unspecified atom stereocenters. The van der Waals surface area contributed by atoms with Gasteiger partial charge in [-0.1, -0.05) is 48.5 Å². The zero-order valence-electron chi connectivity index (χ0n) is 88.0.